The molecule has 1 heterocycles. The number of aryl methyl sites for hydroxylation is 1. The normalized spacial score (nSPS) is 11.0. The number of nitrogens with zero attached hydrogens (tertiary/aromatic N) is 2. The topological polar surface area (TPSA) is 55.1 Å². The number of rotatable bonds is 2. The van der Waals surface area contributed by atoms with Crippen molar-refractivity contribution >= 4 is 40.2 Å². The Morgan fingerprint density at radius 1 is 1.24 bits per heavy atom. The monoisotopic (exact) mass is 320 g/mol. The van der Waals surface area contributed by atoms with Crippen LogP contribution in [0.2, 0.25) is 10.0 Å². The second-order valence-electron chi connectivity index (χ2n) is 4.58. The average molecular weight is 321 g/mol. The maximum Gasteiger partial charge on any atom is 0.335 e. The van der Waals surface area contributed by atoms with Crippen molar-refractivity contribution in [2.24, 2.45) is 0 Å². The molecule has 0 fully saturated rings. The second-order valence-corrected chi connectivity index (χ2v) is 5.36. The lowest BCUT2D eigenvalue weighted by Crippen LogP contribution is -2.00. The third-order valence-corrected chi connectivity index (χ3v) is 4.05. The van der Waals surface area contributed by atoms with E-state index in [1.165, 1.54) is 6.07 Å². The summed E-state index contributed by atoms with van der Waals surface area (Å²) in [5.74, 6) is -0.281. The van der Waals surface area contributed by atoms with Crippen molar-refractivity contribution in [3.8, 4) is 5.69 Å². The number of hydrogen-bond acceptors (Lipinski definition) is 2. The molecule has 0 aliphatic heterocycles. The number of fused-ring (bicyclic) bond motifs is 1. The Hall–Kier alpha value is -2.04. The highest BCUT2D eigenvalue weighted by Crippen LogP contribution is 2.32. The molecule has 0 bridgehead atoms. The van der Waals surface area contributed by atoms with Crippen molar-refractivity contribution in [2.45, 2.75) is 6.92 Å². The van der Waals surface area contributed by atoms with Crippen molar-refractivity contribution in [1.29, 1.82) is 0 Å². The van der Waals surface area contributed by atoms with Crippen molar-refractivity contribution < 1.29 is 9.90 Å². The number of hydrogen-bond donors (Lipinski definition) is 1. The van der Waals surface area contributed by atoms with Crippen LogP contribution >= 0.6 is 23.2 Å². The van der Waals surface area contributed by atoms with Gasteiger partial charge in [-0.1, -0.05) is 29.3 Å². The van der Waals surface area contributed by atoms with E-state index in [0.29, 0.717) is 32.6 Å². The predicted octanol–water partition coefficient (Wildman–Crippen LogP) is 4.34. The van der Waals surface area contributed by atoms with Gasteiger partial charge >= 0.3 is 5.97 Å². The Balaban J connectivity index is 2.36. The maximum atomic E-state index is 11.1. The molecule has 0 radical (unpaired) electrons. The molecule has 2 aromatic carbocycles. The first-order valence-corrected chi connectivity index (χ1v) is 6.91. The van der Waals surface area contributed by atoms with Gasteiger partial charge in [-0.05, 0) is 37.3 Å². The van der Waals surface area contributed by atoms with E-state index in [1.54, 1.807) is 28.8 Å². The number of carboxylic acids is 1. The van der Waals surface area contributed by atoms with Crippen molar-refractivity contribution in [2.75, 3.05) is 0 Å². The third kappa shape index (κ3) is 2.26. The van der Waals surface area contributed by atoms with Crippen molar-refractivity contribution in [3.05, 3.63) is 57.8 Å². The number of aromatic carboxylic acids is 1. The number of carbonyl (C=O) groups is 1. The fraction of sp³-hybridized carbons (Fsp3) is 0.0667. The number of aromatic nitrogens is 2. The zero-order chi connectivity index (χ0) is 15.1. The van der Waals surface area contributed by atoms with Crippen LogP contribution in [0.1, 0.15) is 16.2 Å². The molecule has 21 heavy (non-hydrogen) atoms. The van der Waals surface area contributed by atoms with E-state index in [-0.39, 0.29) is 5.56 Å². The quantitative estimate of drug-likeness (QED) is 0.764. The fourth-order valence-corrected chi connectivity index (χ4v) is 2.68. The SMILES string of the molecule is Cc1nc2ccc(C(=O)O)cc2n1-c1cccc(Cl)c1Cl. The van der Waals surface area contributed by atoms with Crippen LogP contribution in [-0.2, 0) is 0 Å². The van der Waals surface area contributed by atoms with Crippen LogP contribution < -0.4 is 0 Å². The highest BCUT2D eigenvalue weighted by Gasteiger charge is 2.15. The van der Waals surface area contributed by atoms with Crippen molar-refractivity contribution in [3.63, 3.8) is 0 Å². The lowest BCUT2D eigenvalue weighted by Gasteiger charge is -2.10. The Bertz CT molecular complexity index is 871. The first-order valence-electron chi connectivity index (χ1n) is 6.16. The molecule has 1 N–H and O–H groups in total. The van der Waals surface area contributed by atoms with Gasteiger partial charge in [-0.25, -0.2) is 9.78 Å². The first kappa shape index (κ1) is 13.9. The summed E-state index contributed by atoms with van der Waals surface area (Å²) in [5, 5.41) is 9.97. The average Bonchev–Trinajstić information content (AvgIpc) is 2.77. The molecule has 106 valence electrons. The van der Waals surface area contributed by atoms with E-state index in [0.717, 1.165) is 0 Å². The minimum Gasteiger partial charge on any atom is -0.478 e. The van der Waals surface area contributed by atoms with Gasteiger partial charge in [0.1, 0.15) is 5.82 Å². The fourth-order valence-electron chi connectivity index (χ4n) is 2.30. The molecule has 4 nitrogen and oxygen atoms in total. The van der Waals surface area contributed by atoms with E-state index < -0.39 is 5.97 Å². The Kier molecular flexibility index (Phi) is 3.35. The summed E-state index contributed by atoms with van der Waals surface area (Å²) in [4.78, 5) is 15.6. The smallest absolute Gasteiger partial charge is 0.335 e. The molecule has 6 heteroatoms. The molecule has 0 aliphatic rings. The van der Waals surface area contributed by atoms with Gasteiger partial charge in [-0.2, -0.15) is 0 Å². The minimum absolute atomic E-state index is 0.196. The van der Waals surface area contributed by atoms with Crippen LogP contribution in [0.5, 0.6) is 0 Å². The molecule has 0 saturated heterocycles. The number of benzene rings is 2. The highest BCUT2D eigenvalue weighted by molar-refractivity contribution is 6.43. The van der Waals surface area contributed by atoms with Gasteiger partial charge in [-0.15, -0.1) is 0 Å². The molecular weight excluding hydrogens is 311 g/mol. The van der Waals surface area contributed by atoms with Gasteiger partial charge in [0.15, 0.2) is 0 Å². The molecule has 0 saturated carbocycles. The summed E-state index contributed by atoms with van der Waals surface area (Å²) in [5.41, 5.74) is 2.25. The predicted molar refractivity (Wildman–Crippen MR) is 82.8 cm³/mol. The first-order chi connectivity index (χ1) is 9.99. The Morgan fingerprint density at radius 2 is 2.00 bits per heavy atom. The van der Waals surface area contributed by atoms with E-state index in [9.17, 15) is 4.79 Å². The maximum absolute atomic E-state index is 11.1. The van der Waals surface area contributed by atoms with Crippen LogP contribution in [-0.4, -0.2) is 20.6 Å². The van der Waals surface area contributed by atoms with Gasteiger partial charge < -0.3 is 5.11 Å². The summed E-state index contributed by atoms with van der Waals surface area (Å²) in [6, 6.07) is 10.1. The zero-order valence-electron chi connectivity index (χ0n) is 11.0. The van der Waals surface area contributed by atoms with Crippen LogP contribution in [0.3, 0.4) is 0 Å². The zero-order valence-corrected chi connectivity index (χ0v) is 12.5. The van der Waals surface area contributed by atoms with E-state index in [4.69, 9.17) is 28.3 Å². The lowest BCUT2D eigenvalue weighted by atomic mass is 10.2. The van der Waals surface area contributed by atoms with Crippen LogP contribution in [0.4, 0.5) is 0 Å². The summed E-state index contributed by atoms with van der Waals surface area (Å²) in [6.07, 6.45) is 0. The minimum atomic E-state index is -0.987. The van der Waals surface area contributed by atoms with E-state index in [1.807, 2.05) is 13.0 Å². The number of carboxylic acid groups (broad SMARTS) is 1. The molecule has 0 unspecified atom stereocenters. The van der Waals surface area contributed by atoms with Gasteiger partial charge in [-0.3, -0.25) is 4.57 Å². The number of imidazole rings is 1. The molecule has 0 atom stereocenters. The molecule has 0 aliphatic carbocycles. The summed E-state index contributed by atoms with van der Waals surface area (Å²) >= 11 is 12.3. The second kappa shape index (κ2) is 5.06. The van der Waals surface area contributed by atoms with Crippen molar-refractivity contribution in [1.82, 2.24) is 9.55 Å². The van der Waals surface area contributed by atoms with Gasteiger partial charge in [0, 0.05) is 0 Å². The number of halogens is 2. The molecule has 0 spiro atoms. The van der Waals surface area contributed by atoms with E-state index >= 15 is 0 Å². The standard InChI is InChI=1S/C15H10Cl2N2O2/c1-8-18-11-6-5-9(15(20)21)7-13(11)19(8)12-4-2-3-10(16)14(12)17/h2-7H,1H3,(H,20,21). The molecule has 3 aromatic rings. The lowest BCUT2D eigenvalue weighted by molar-refractivity contribution is 0.0697. The van der Waals surface area contributed by atoms with E-state index in [2.05, 4.69) is 4.98 Å². The van der Waals surface area contributed by atoms with Gasteiger partial charge in [0.25, 0.3) is 0 Å². The third-order valence-electron chi connectivity index (χ3n) is 3.24. The Morgan fingerprint density at radius 3 is 2.71 bits per heavy atom. The summed E-state index contributed by atoms with van der Waals surface area (Å²) in [7, 11) is 0. The largest absolute Gasteiger partial charge is 0.478 e. The highest BCUT2D eigenvalue weighted by atomic mass is 35.5. The molecule has 0 amide bonds. The molecule has 1 aromatic heterocycles. The van der Waals surface area contributed by atoms with Crippen LogP contribution in [0.15, 0.2) is 36.4 Å². The summed E-state index contributed by atoms with van der Waals surface area (Å²) < 4.78 is 1.80. The van der Waals surface area contributed by atoms with Crippen LogP contribution in [0, 0.1) is 6.92 Å². The molecule has 3 rings (SSSR count). The summed E-state index contributed by atoms with van der Waals surface area (Å²) in [6.45, 7) is 1.83. The Labute approximate surface area is 130 Å². The van der Waals surface area contributed by atoms with Gasteiger partial charge in [0.05, 0.1) is 32.3 Å². The van der Waals surface area contributed by atoms with Crippen LogP contribution in [0.25, 0.3) is 16.7 Å². The van der Waals surface area contributed by atoms with Gasteiger partial charge in [0.2, 0.25) is 0 Å². The molecular formula is C15H10Cl2N2O2.